The summed E-state index contributed by atoms with van der Waals surface area (Å²) in [5, 5.41) is 9.97. The topological polar surface area (TPSA) is 72.2 Å². The number of nitrogens with two attached hydrogens (primary N) is 1. The van der Waals surface area contributed by atoms with Crippen LogP contribution >= 0.6 is 0 Å². The largest absolute Gasteiger partial charge is 0.551 e. The highest BCUT2D eigenvalue weighted by atomic mass is 16.7. The second kappa shape index (κ2) is 3.73. The maximum Gasteiger partial charge on any atom is 0.551 e. The summed E-state index contributed by atoms with van der Waals surface area (Å²) in [5.41, 5.74) is 5.95. The maximum absolute atomic E-state index is 9.97. The molecule has 1 unspecified atom stereocenters. The van der Waals surface area contributed by atoms with Crippen LogP contribution in [0.2, 0.25) is 0 Å². The average Bonchev–Trinajstić information content (AvgIpc) is 2.05. The number of carbonyl (C=O) groups is 1. The van der Waals surface area contributed by atoms with Crippen molar-refractivity contribution in [1.29, 1.82) is 0 Å². The van der Waals surface area contributed by atoms with E-state index in [-0.39, 0.29) is 0 Å². The van der Waals surface area contributed by atoms with Crippen molar-refractivity contribution in [2.75, 3.05) is 0 Å². The third kappa shape index (κ3) is 2.25. The first-order chi connectivity index (χ1) is 5.70. The summed E-state index contributed by atoms with van der Waals surface area (Å²) in [6, 6.07) is 8.64. The van der Waals surface area contributed by atoms with Crippen molar-refractivity contribution in [3.63, 3.8) is 0 Å². The third-order valence-electron chi connectivity index (χ3n) is 1.35. The molecule has 1 aromatic carbocycles. The molecule has 0 fully saturated rings. The minimum absolute atomic E-state index is 0.599. The van der Waals surface area contributed by atoms with Crippen LogP contribution in [0.5, 0.6) is 0 Å². The van der Waals surface area contributed by atoms with Crippen LogP contribution in [0.25, 0.3) is 0 Å². The van der Waals surface area contributed by atoms with Crippen LogP contribution < -0.4 is 5.73 Å². The van der Waals surface area contributed by atoms with E-state index in [9.17, 15) is 9.90 Å². The quantitative estimate of drug-likeness (QED) is 0.530. The molecule has 1 atom stereocenters. The Morgan fingerprint density at radius 2 is 1.92 bits per heavy atom. The zero-order valence-electron chi connectivity index (χ0n) is 6.27. The Balaban J connectivity index is 2.65. The van der Waals surface area contributed by atoms with Crippen LogP contribution in [0.1, 0.15) is 11.8 Å². The first-order valence-electron chi connectivity index (χ1n) is 3.38. The third-order valence-corrected chi connectivity index (χ3v) is 1.35. The number of rotatable bonds is 2. The lowest BCUT2D eigenvalue weighted by molar-refractivity contribution is 0.0338. The second-order valence-electron chi connectivity index (χ2n) is 2.20. The second-order valence-corrected chi connectivity index (χ2v) is 2.20. The Labute approximate surface area is 69.6 Å². The van der Waals surface area contributed by atoms with Gasteiger partial charge in [-0.1, -0.05) is 30.3 Å². The van der Waals surface area contributed by atoms with Crippen LogP contribution in [0, 0.1) is 0 Å². The molecule has 0 amide bonds. The number of hydrogen-bond acceptors (Lipinski definition) is 3. The van der Waals surface area contributed by atoms with Crippen LogP contribution in [0.15, 0.2) is 30.3 Å². The summed E-state index contributed by atoms with van der Waals surface area (Å²) in [6.45, 7) is 0. The van der Waals surface area contributed by atoms with Gasteiger partial charge in [0.25, 0.3) is 0 Å². The standard InChI is InChI=1S/C8H8NO3/c9-7(12-8(10)11)6-4-2-1-3-5-6/h1-5,7H,9H2. The number of benzene rings is 1. The number of ether oxygens (including phenoxy) is 1. The normalized spacial score (nSPS) is 12.1. The van der Waals surface area contributed by atoms with Gasteiger partial charge < -0.3 is 4.74 Å². The molecule has 1 radical (unpaired) electrons. The molecule has 0 aromatic heterocycles. The van der Waals surface area contributed by atoms with E-state index in [2.05, 4.69) is 4.74 Å². The fourth-order valence-corrected chi connectivity index (χ4v) is 0.814. The summed E-state index contributed by atoms with van der Waals surface area (Å²) >= 11 is 0. The minimum Gasteiger partial charge on any atom is -0.409 e. The molecule has 1 rings (SSSR count). The van der Waals surface area contributed by atoms with Gasteiger partial charge >= 0.3 is 6.16 Å². The van der Waals surface area contributed by atoms with Crippen molar-refractivity contribution in [3.05, 3.63) is 35.9 Å². The fourth-order valence-electron chi connectivity index (χ4n) is 0.814. The van der Waals surface area contributed by atoms with E-state index in [1.807, 2.05) is 0 Å². The van der Waals surface area contributed by atoms with Crippen molar-refractivity contribution in [2.45, 2.75) is 6.23 Å². The Hall–Kier alpha value is -1.55. The molecule has 0 saturated heterocycles. The summed E-state index contributed by atoms with van der Waals surface area (Å²) in [7, 11) is 0. The number of hydrogen-bond donors (Lipinski definition) is 1. The molecule has 0 aliphatic rings. The van der Waals surface area contributed by atoms with Crippen molar-refractivity contribution < 1.29 is 14.6 Å². The zero-order chi connectivity index (χ0) is 8.97. The molecule has 12 heavy (non-hydrogen) atoms. The predicted molar refractivity (Wildman–Crippen MR) is 40.5 cm³/mol. The van der Waals surface area contributed by atoms with Crippen LogP contribution in [0.3, 0.4) is 0 Å². The monoisotopic (exact) mass is 166 g/mol. The lowest BCUT2D eigenvalue weighted by atomic mass is 10.2. The molecule has 4 heteroatoms. The molecule has 2 N–H and O–H groups in total. The van der Waals surface area contributed by atoms with Crippen molar-refractivity contribution in [1.82, 2.24) is 0 Å². The molecule has 1 aromatic rings. The molecule has 0 spiro atoms. The molecular formula is C8H8NO3. The van der Waals surface area contributed by atoms with Crippen LogP contribution in [0.4, 0.5) is 4.79 Å². The molecule has 4 nitrogen and oxygen atoms in total. The molecule has 0 saturated carbocycles. The van der Waals surface area contributed by atoms with Gasteiger partial charge in [-0.05, 0) is 0 Å². The van der Waals surface area contributed by atoms with Crippen LogP contribution in [-0.2, 0) is 9.84 Å². The van der Waals surface area contributed by atoms with E-state index in [1.165, 1.54) is 0 Å². The molecule has 63 valence electrons. The molecule has 0 aliphatic carbocycles. The lowest BCUT2D eigenvalue weighted by Crippen LogP contribution is -2.16. The summed E-state index contributed by atoms with van der Waals surface area (Å²) in [6.07, 6.45) is -2.58. The minimum atomic E-state index is -1.62. The highest BCUT2D eigenvalue weighted by Gasteiger charge is 2.10. The Morgan fingerprint density at radius 1 is 1.33 bits per heavy atom. The highest BCUT2D eigenvalue weighted by Crippen LogP contribution is 2.10. The highest BCUT2D eigenvalue weighted by molar-refractivity contribution is 5.56. The number of carbonyl (C=O) groups excluding carboxylic acids is 1. The van der Waals surface area contributed by atoms with Gasteiger partial charge in [-0.25, -0.2) is 0 Å². The van der Waals surface area contributed by atoms with Crippen LogP contribution in [-0.4, -0.2) is 6.16 Å². The average molecular weight is 166 g/mol. The van der Waals surface area contributed by atoms with Gasteiger partial charge in [0.05, 0.1) is 0 Å². The van der Waals surface area contributed by atoms with Crippen molar-refractivity contribution in [2.24, 2.45) is 5.73 Å². The Bertz CT molecular complexity index is 260. The van der Waals surface area contributed by atoms with E-state index in [1.54, 1.807) is 30.3 Å². The van der Waals surface area contributed by atoms with Gasteiger partial charge in [0, 0.05) is 5.56 Å². The van der Waals surface area contributed by atoms with Gasteiger partial charge in [0.15, 0.2) is 6.23 Å². The first-order valence-corrected chi connectivity index (χ1v) is 3.38. The van der Waals surface area contributed by atoms with E-state index < -0.39 is 12.4 Å². The van der Waals surface area contributed by atoms with Gasteiger partial charge in [0.2, 0.25) is 0 Å². The SMILES string of the molecule is NC(OC([O])=O)c1ccccc1. The van der Waals surface area contributed by atoms with E-state index >= 15 is 0 Å². The molecule has 0 aliphatic heterocycles. The van der Waals surface area contributed by atoms with E-state index in [4.69, 9.17) is 5.73 Å². The smallest absolute Gasteiger partial charge is 0.409 e. The predicted octanol–water partition coefficient (Wildman–Crippen LogP) is 1.21. The van der Waals surface area contributed by atoms with Gasteiger partial charge in [-0.3, -0.25) is 5.73 Å². The van der Waals surface area contributed by atoms with Gasteiger partial charge in [-0.2, -0.15) is 9.90 Å². The summed E-state index contributed by atoms with van der Waals surface area (Å²) < 4.78 is 4.22. The van der Waals surface area contributed by atoms with Gasteiger partial charge in [0.1, 0.15) is 0 Å². The summed E-state index contributed by atoms with van der Waals surface area (Å²) in [5.74, 6) is 0. The Morgan fingerprint density at radius 3 is 2.42 bits per heavy atom. The summed E-state index contributed by atoms with van der Waals surface area (Å²) in [4.78, 5) is 9.97. The van der Waals surface area contributed by atoms with Crippen molar-refractivity contribution >= 4 is 6.16 Å². The van der Waals surface area contributed by atoms with Gasteiger partial charge in [-0.15, -0.1) is 0 Å². The van der Waals surface area contributed by atoms with E-state index in [0.29, 0.717) is 5.56 Å². The Kier molecular flexibility index (Phi) is 2.66. The molecule has 0 heterocycles. The maximum atomic E-state index is 9.97. The zero-order valence-corrected chi connectivity index (χ0v) is 6.27. The van der Waals surface area contributed by atoms with Crippen molar-refractivity contribution in [3.8, 4) is 0 Å². The fraction of sp³-hybridized carbons (Fsp3) is 0.125. The molecular weight excluding hydrogens is 158 g/mol. The van der Waals surface area contributed by atoms with E-state index in [0.717, 1.165) is 0 Å². The lowest BCUT2D eigenvalue weighted by Gasteiger charge is -2.08. The first kappa shape index (κ1) is 8.55. The molecule has 0 bridgehead atoms.